The monoisotopic (exact) mass is 1010 g/mol. The van der Waals surface area contributed by atoms with Gasteiger partial charge < -0.3 is 14.6 Å². The molecule has 0 amide bonds. The molecule has 0 spiro atoms. The number of carbonyl (C=O) groups excluding carboxylic acids is 2. The lowest BCUT2D eigenvalue weighted by molar-refractivity contribution is -0.161. The average Bonchev–Trinajstić information content (AvgIpc) is 3.39. The third-order valence-electron chi connectivity index (χ3n) is 13.0. The highest BCUT2D eigenvalue weighted by Gasteiger charge is 2.16. The van der Waals surface area contributed by atoms with E-state index in [1.807, 2.05) is 0 Å². The molecule has 73 heavy (non-hydrogen) atoms. The molecule has 0 aromatic carbocycles. The second kappa shape index (κ2) is 62.6. The maximum atomic E-state index is 12.3. The summed E-state index contributed by atoms with van der Waals surface area (Å²) in [7, 11) is 0. The van der Waals surface area contributed by atoms with Crippen LogP contribution >= 0.6 is 0 Å². The van der Waals surface area contributed by atoms with Gasteiger partial charge in [-0.2, -0.15) is 0 Å². The van der Waals surface area contributed by atoms with Gasteiger partial charge in [0.05, 0.1) is 6.61 Å². The number of ether oxygens (including phenoxy) is 2. The van der Waals surface area contributed by atoms with Gasteiger partial charge in [0.2, 0.25) is 0 Å². The summed E-state index contributed by atoms with van der Waals surface area (Å²) < 4.78 is 10.7. The number of rotatable bonds is 55. The minimum Gasteiger partial charge on any atom is -0.462 e. The van der Waals surface area contributed by atoms with Crippen molar-refractivity contribution in [2.75, 3.05) is 13.2 Å². The molecule has 0 saturated carbocycles. The Morgan fingerprint density at radius 3 is 0.904 bits per heavy atom. The second-order valence-electron chi connectivity index (χ2n) is 20.0. The highest BCUT2D eigenvalue weighted by Crippen LogP contribution is 2.16. The molecule has 1 unspecified atom stereocenters. The molecule has 0 aromatic rings. The quantitative estimate of drug-likeness (QED) is 0.0373. The average molecular weight is 1010 g/mol. The van der Waals surface area contributed by atoms with Gasteiger partial charge in [-0.25, -0.2) is 0 Å². The van der Waals surface area contributed by atoms with Crippen molar-refractivity contribution in [3.8, 4) is 0 Å². The number of aliphatic hydroxyl groups excluding tert-OH is 1. The minimum atomic E-state index is -0.780. The molecule has 0 saturated heterocycles. The summed E-state index contributed by atoms with van der Waals surface area (Å²) in [4.78, 5) is 24.5. The standard InChI is InChI=1S/C68H114O5/c1-3-5-7-9-11-13-15-17-19-21-23-24-25-26-27-28-29-30-31-32-33-34-35-36-37-38-39-40-41-42-43-44-45-47-49-51-53-55-57-59-61-63-68(71)73-66(64-69)65-72-67(70)62-60-58-56-54-52-50-48-46-22-20-18-16-14-12-10-8-6-4-2/h5,7,11,13,17,19-20,22-24,26-27,29-30,32-33,35-36,38-39,66,69H,3-4,6,8-10,12,14-16,18,21,25,28,31,34,37,40-65H2,1-2H3/b7-5-,13-11-,19-17-,22-20-,24-23-,27-26-,30-29-,33-32-,36-35-,39-38-. The van der Waals surface area contributed by atoms with Crippen LogP contribution in [-0.2, 0) is 19.1 Å². The van der Waals surface area contributed by atoms with Crippen LogP contribution in [0.4, 0.5) is 0 Å². The number of esters is 2. The third kappa shape index (κ3) is 60.7. The van der Waals surface area contributed by atoms with Gasteiger partial charge in [-0.3, -0.25) is 9.59 Å². The zero-order valence-corrected chi connectivity index (χ0v) is 47.6. The van der Waals surface area contributed by atoms with E-state index in [-0.39, 0.29) is 25.2 Å². The molecule has 0 fully saturated rings. The molecule has 1 N–H and O–H groups in total. The summed E-state index contributed by atoms with van der Waals surface area (Å²) in [6.07, 6.45) is 91.8. The Morgan fingerprint density at radius 1 is 0.329 bits per heavy atom. The molecular formula is C68H114O5. The van der Waals surface area contributed by atoms with E-state index < -0.39 is 6.10 Å². The molecule has 0 bridgehead atoms. The molecule has 416 valence electrons. The van der Waals surface area contributed by atoms with Crippen molar-refractivity contribution in [1.82, 2.24) is 0 Å². The summed E-state index contributed by atoms with van der Waals surface area (Å²) in [6, 6.07) is 0. The van der Waals surface area contributed by atoms with Crippen LogP contribution in [0.1, 0.15) is 277 Å². The van der Waals surface area contributed by atoms with Crippen LogP contribution in [0, 0.1) is 0 Å². The van der Waals surface area contributed by atoms with E-state index >= 15 is 0 Å². The Hall–Kier alpha value is -3.70. The summed E-state index contributed by atoms with van der Waals surface area (Å²) in [5.74, 6) is -0.595. The first-order valence-electron chi connectivity index (χ1n) is 30.6. The predicted molar refractivity (Wildman–Crippen MR) is 320 cm³/mol. The summed E-state index contributed by atoms with van der Waals surface area (Å²) in [5, 5.41) is 9.66. The zero-order valence-electron chi connectivity index (χ0n) is 47.6. The Morgan fingerprint density at radius 2 is 0.589 bits per heavy atom. The predicted octanol–water partition coefficient (Wildman–Crippen LogP) is 21.0. The van der Waals surface area contributed by atoms with Crippen molar-refractivity contribution in [3.63, 3.8) is 0 Å². The van der Waals surface area contributed by atoms with E-state index in [1.54, 1.807) is 0 Å². The van der Waals surface area contributed by atoms with Crippen LogP contribution < -0.4 is 0 Å². The molecule has 5 nitrogen and oxygen atoms in total. The smallest absolute Gasteiger partial charge is 0.306 e. The van der Waals surface area contributed by atoms with E-state index in [2.05, 4.69) is 135 Å². The van der Waals surface area contributed by atoms with Gasteiger partial charge in [0.15, 0.2) is 6.10 Å². The summed E-state index contributed by atoms with van der Waals surface area (Å²) >= 11 is 0. The van der Waals surface area contributed by atoms with Crippen molar-refractivity contribution >= 4 is 11.9 Å². The lowest BCUT2D eigenvalue weighted by atomic mass is 10.0. The van der Waals surface area contributed by atoms with Gasteiger partial charge in [0, 0.05) is 12.8 Å². The van der Waals surface area contributed by atoms with Crippen molar-refractivity contribution in [2.24, 2.45) is 0 Å². The van der Waals surface area contributed by atoms with E-state index in [0.717, 1.165) is 96.3 Å². The van der Waals surface area contributed by atoms with E-state index in [1.165, 1.54) is 154 Å². The fourth-order valence-electron chi connectivity index (χ4n) is 8.43. The minimum absolute atomic E-state index is 0.0714. The molecular weight excluding hydrogens is 897 g/mol. The molecule has 0 aliphatic rings. The van der Waals surface area contributed by atoms with Crippen LogP contribution in [0.5, 0.6) is 0 Å². The third-order valence-corrected chi connectivity index (χ3v) is 13.0. The van der Waals surface area contributed by atoms with Crippen molar-refractivity contribution in [1.29, 1.82) is 0 Å². The normalized spacial score (nSPS) is 13.1. The largest absolute Gasteiger partial charge is 0.462 e. The highest BCUT2D eigenvalue weighted by atomic mass is 16.6. The molecule has 0 rings (SSSR count). The zero-order chi connectivity index (χ0) is 52.7. The molecule has 0 heterocycles. The van der Waals surface area contributed by atoms with E-state index in [9.17, 15) is 14.7 Å². The maximum absolute atomic E-state index is 12.3. The number of aliphatic hydroxyl groups is 1. The molecule has 0 aliphatic carbocycles. The van der Waals surface area contributed by atoms with Gasteiger partial charge in [0.1, 0.15) is 6.61 Å². The Balaban J connectivity index is 3.53. The molecule has 0 aliphatic heterocycles. The van der Waals surface area contributed by atoms with Crippen LogP contribution in [0.2, 0.25) is 0 Å². The fraction of sp³-hybridized carbons (Fsp3) is 0.676. The van der Waals surface area contributed by atoms with E-state index in [0.29, 0.717) is 12.8 Å². The first-order chi connectivity index (χ1) is 36.1. The molecule has 1 atom stereocenters. The molecule has 5 heteroatoms. The van der Waals surface area contributed by atoms with Crippen molar-refractivity contribution < 1.29 is 24.2 Å². The SMILES string of the molecule is CC/C=C\C/C=C\C/C=C\C/C=C\C/C=C\C/C=C\C/C=C\C/C=C\C/C=C\CCCCCCCCCCCCCCCC(=O)OC(CO)COC(=O)CCCCCCCCC/C=C\CCCCCCCCC. The maximum Gasteiger partial charge on any atom is 0.306 e. The van der Waals surface area contributed by atoms with Gasteiger partial charge in [-0.05, 0) is 109 Å². The number of carbonyl (C=O) groups is 2. The van der Waals surface area contributed by atoms with E-state index in [4.69, 9.17) is 9.47 Å². The van der Waals surface area contributed by atoms with Gasteiger partial charge in [0.25, 0.3) is 0 Å². The summed E-state index contributed by atoms with van der Waals surface area (Å²) in [6.45, 7) is 4.03. The molecule has 0 radical (unpaired) electrons. The van der Waals surface area contributed by atoms with Gasteiger partial charge >= 0.3 is 11.9 Å². The summed E-state index contributed by atoms with van der Waals surface area (Å²) in [5.41, 5.74) is 0. The number of hydrogen-bond donors (Lipinski definition) is 1. The Labute approximate surface area is 452 Å². The Kier molecular flexibility index (Phi) is 59.4. The van der Waals surface area contributed by atoms with Crippen molar-refractivity contribution in [2.45, 2.75) is 283 Å². The van der Waals surface area contributed by atoms with Crippen LogP contribution in [0.25, 0.3) is 0 Å². The van der Waals surface area contributed by atoms with Crippen LogP contribution in [-0.4, -0.2) is 36.4 Å². The first kappa shape index (κ1) is 69.3. The van der Waals surface area contributed by atoms with Gasteiger partial charge in [-0.15, -0.1) is 0 Å². The van der Waals surface area contributed by atoms with Crippen molar-refractivity contribution in [3.05, 3.63) is 122 Å². The highest BCUT2D eigenvalue weighted by molar-refractivity contribution is 5.70. The number of unbranched alkanes of at least 4 members (excludes halogenated alkanes) is 27. The number of allylic oxidation sites excluding steroid dienone is 20. The molecule has 0 aromatic heterocycles. The van der Waals surface area contributed by atoms with Gasteiger partial charge in [-0.1, -0.05) is 277 Å². The fourth-order valence-corrected chi connectivity index (χ4v) is 8.43. The second-order valence-corrected chi connectivity index (χ2v) is 20.0. The Bertz CT molecular complexity index is 1470. The topological polar surface area (TPSA) is 72.8 Å². The lowest BCUT2D eigenvalue weighted by Gasteiger charge is -2.15. The van der Waals surface area contributed by atoms with Crippen LogP contribution in [0.3, 0.4) is 0 Å². The first-order valence-corrected chi connectivity index (χ1v) is 30.6. The van der Waals surface area contributed by atoms with Crippen LogP contribution in [0.15, 0.2) is 122 Å². The lowest BCUT2D eigenvalue weighted by Crippen LogP contribution is -2.28. The number of hydrogen-bond acceptors (Lipinski definition) is 5.